The lowest BCUT2D eigenvalue weighted by atomic mass is 9.93. The number of aryl methyl sites for hydroxylation is 2. The highest BCUT2D eigenvalue weighted by Gasteiger charge is 2.23. The summed E-state index contributed by atoms with van der Waals surface area (Å²) in [5.41, 5.74) is 3.40. The predicted octanol–water partition coefficient (Wildman–Crippen LogP) is 3.32. The summed E-state index contributed by atoms with van der Waals surface area (Å²) in [6.07, 6.45) is 5.20. The van der Waals surface area contributed by atoms with Gasteiger partial charge in [0.05, 0.1) is 18.7 Å². The van der Waals surface area contributed by atoms with Crippen LogP contribution in [0.1, 0.15) is 41.3 Å². The minimum atomic E-state index is 0.0818. The Labute approximate surface area is 119 Å². The van der Waals surface area contributed by atoms with E-state index in [0.29, 0.717) is 6.42 Å². The predicted molar refractivity (Wildman–Crippen MR) is 77.4 cm³/mol. The highest BCUT2D eigenvalue weighted by molar-refractivity contribution is 5.79. The molecule has 3 heteroatoms. The highest BCUT2D eigenvalue weighted by atomic mass is 16.3. The molecule has 104 valence electrons. The van der Waals surface area contributed by atoms with E-state index in [-0.39, 0.29) is 11.9 Å². The number of amides is 1. The summed E-state index contributed by atoms with van der Waals surface area (Å²) in [4.78, 5) is 12.2. The van der Waals surface area contributed by atoms with Crippen molar-refractivity contribution in [3.05, 3.63) is 59.0 Å². The van der Waals surface area contributed by atoms with Crippen LogP contribution in [0.5, 0.6) is 0 Å². The van der Waals surface area contributed by atoms with E-state index in [1.165, 1.54) is 0 Å². The van der Waals surface area contributed by atoms with Gasteiger partial charge in [-0.1, -0.05) is 24.3 Å². The van der Waals surface area contributed by atoms with E-state index in [4.69, 9.17) is 4.42 Å². The Morgan fingerprint density at radius 3 is 3.05 bits per heavy atom. The molecule has 0 spiro atoms. The molecule has 1 aliphatic carbocycles. The monoisotopic (exact) mass is 269 g/mol. The molecule has 1 aliphatic rings. The van der Waals surface area contributed by atoms with Crippen molar-refractivity contribution < 1.29 is 9.21 Å². The number of hydrogen-bond donors (Lipinski definition) is 1. The van der Waals surface area contributed by atoms with Crippen molar-refractivity contribution in [2.45, 2.75) is 38.6 Å². The zero-order valence-corrected chi connectivity index (χ0v) is 11.7. The minimum Gasteiger partial charge on any atom is -0.469 e. The highest BCUT2D eigenvalue weighted by Crippen LogP contribution is 2.30. The van der Waals surface area contributed by atoms with E-state index in [1.807, 2.05) is 37.3 Å². The Hall–Kier alpha value is -2.03. The van der Waals surface area contributed by atoms with Crippen LogP contribution in [0.25, 0.3) is 0 Å². The number of furan rings is 1. The number of fused-ring (bicyclic) bond motifs is 1. The molecular weight excluding hydrogens is 250 g/mol. The maximum absolute atomic E-state index is 12.2. The van der Waals surface area contributed by atoms with Crippen LogP contribution < -0.4 is 5.32 Å². The maximum atomic E-state index is 12.2. The van der Waals surface area contributed by atoms with E-state index >= 15 is 0 Å². The molecule has 0 bridgehead atoms. The lowest BCUT2D eigenvalue weighted by Gasteiger charge is -2.22. The summed E-state index contributed by atoms with van der Waals surface area (Å²) in [7, 11) is 0. The van der Waals surface area contributed by atoms with Gasteiger partial charge in [0, 0.05) is 12.0 Å². The van der Waals surface area contributed by atoms with Gasteiger partial charge in [0.2, 0.25) is 5.91 Å². The van der Waals surface area contributed by atoms with Crippen molar-refractivity contribution in [2.24, 2.45) is 0 Å². The van der Waals surface area contributed by atoms with Crippen LogP contribution in [0.15, 0.2) is 41.0 Å². The Kier molecular flexibility index (Phi) is 3.59. The van der Waals surface area contributed by atoms with Crippen LogP contribution in [0.4, 0.5) is 0 Å². The summed E-state index contributed by atoms with van der Waals surface area (Å²) in [6.45, 7) is 2.04. The number of hydrogen-bond acceptors (Lipinski definition) is 2. The molecule has 1 heterocycles. The molecule has 1 atom stereocenters. The van der Waals surface area contributed by atoms with Crippen molar-refractivity contribution in [3.63, 3.8) is 0 Å². The fraction of sp³-hybridized carbons (Fsp3) is 0.353. The summed E-state index contributed by atoms with van der Waals surface area (Å²) in [6, 6.07) is 10.1. The molecule has 1 aromatic carbocycles. The normalized spacial score (nSPS) is 17.6. The van der Waals surface area contributed by atoms with Gasteiger partial charge in [-0.3, -0.25) is 4.79 Å². The van der Waals surface area contributed by atoms with Gasteiger partial charge in [-0.15, -0.1) is 0 Å². The fourth-order valence-corrected chi connectivity index (χ4v) is 2.86. The first-order valence-corrected chi connectivity index (χ1v) is 7.14. The van der Waals surface area contributed by atoms with Gasteiger partial charge < -0.3 is 9.73 Å². The van der Waals surface area contributed by atoms with Gasteiger partial charge in [0.15, 0.2) is 0 Å². The van der Waals surface area contributed by atoms with Gasteiger partial charge in [-0.05, 0) is 37.0 Å². The molecule has 0 saturated heterocycles. The summed E-state index contributed by atoms with van der Waals surface area (Å²) < 4.78 is 5.45. The zero-order chi connectivity index (χ0) is 13.9. The SMILES string of the molecule is Cc1ccccc1CC(=O)NC1CCCc2occc21. The quantitative estimate of drug-likeness (QED) is 0.928. The Morgan fingerprint density at radius 2 is 2.20 bits per heavy atom. The Bertz CT molecular complexity index is 615. The molecule has 3 nitrogen and oxygen atoms in total. The largest absolute Gasteiger partial charge is 0.469 e. The molecule has 0 saturated carbocycles. The molecule has 1 amide bonds. The molecule has 1 aromatic heterocycles. The third kappa shape index (κ3) is 2.62. The average molecular weight is 269 g/mol. The summed E-state index contributed by atoms with van der Waals surface area (Å²) in [5, 5.41) is 3.14. The molecule has 1 unspecified atom stereocenters. The molecule has 0 radical (unpaired) electrons. The smallest absolute Gasteiger partial charge is 0.224 e. The van der Waals surface area contributed by atoms with Crippen LogP contribution in [0.2, 0.25) is 0 Å². The van der Waals surface area contributed by atoms with Crippen molar-refractivity contribution >= 4 is 5.91 Å². The van der Waals surface area contributed by atoms with Gasteiger partial charge in [0.25, 0.3) is 0 Å². The van der Waals surface area contributed by atoms with Gasteiger partial charge >= 0.3 is 0 Å². The molecule has 0 fully saturated rings. The molecule has 2 aromatic rings. The van der Waals surface area contributed by atoms with E-state index in [2.05, 4.69) is 5.32 Å². The number of carbonyl (C=O) groups excluding carboxylic acids is 1. The molecular formula is C17H19NO2. The Morgan fingerprint density at radius 1 is 1.35 bits per heavy atom. The van der Waals surface area contributed by atoms with E-state index in [9.17, 15) is 4.79 Å². The van der Waals surface area contributed by atoms with Crippen LogP contribution in [0, 0.1) is 6.92 Å². The second-order valence-electron chi connectivity index (χ2n) is 5.41. The van der Waals surface area contributed by atoms with Crippen molar-refractivity contribution in [3.8, 4) is 0 Å². The summed E-state index contributed by atoms with van der Waals surface area (Å²) in [5.74, 6) is 1.11. The number of benzene rings is 1. The van der Waals surface area contributed by atoms with Gasteiger partial charge in [0.1, 0.15) is 5.76 Å². The first kappa shape index (κ1) is 13.0. The topological polar surface area (TPSA) is 42.2 Å². The average Bonchev–Trinajstić information content (AvgIpc) is 2.91. The molecule has 3 rings (SSSR count). The fourth-order valence-electron chi connectivity index (χ4n) is 2.86. The van der Waals surface area contributed by atoms with Crippen molar-refractivity contribution in [2.75, 3.05) is 0 Å². The molecule has 0 aliphatic heterocycles. The van der Waals surface area contributed by atoms with E-state index in [0.717, 1.165) is 41.7 Å². The molecule has 1 N–H and O–H groups in total. The lowest BCUT2D eigenvalue weighted by Crippen LogP contribution is -2.31. The number of carbonyl (C=O) groups is 1. The van der Waals surface area contributed by atoms with Crippen LogP contribution in [-0.4, -0.2) is 5.91 Å². The second kappa shape index (κ2) is 5.53. The third-order valence-corrected chi connectivity index (χ3v) is 4.00. The van der Waals surface area contributed by atoms with Crippen LogP contribution in [-0.2, 0) is 17.6 Å². The standard InChI is InChI=1S/C17H19NO2/c1-12-5-2-3-6-13(12)11-17(19)18-15-7-4-8-16-14(15)9-10-20-16/h2-3,5-6,9-10,15H,4,7-8,11H2,1H3,(H,18,19). The molecule has 20 heavy (non-hydrogen) atoms. The van der Waals surface area contributed by atoms with Crippen molar-refractivity contribution in [1.82, 2.24) is 5.32 Å². The van der Waals surface area contributed by atoms with Crippen LogP contribution in [0.3, 0.4) is 0 Å². The van der Waals surface area contributed by atoms with E-state index < -0.39 is 0 Å². The van der Waals surface area contributed by atoms with Crippen molar-refractivity contribution in [1.29, 1.82) is 0 Å². The van der Waals surface area contributed by atoms with Gasteiger partial charge in [-0.2, -0.15) is 0 Å². The Balaban J connectivity index is 1.68. The van der Waals surface area contributed by atoms with Crippen LogP contribution >= 0.6 is 0 Å². The third-order valence-electron chi connectivity index (χ3n) is 4.00. The zero-order valence-electron chi connectivity index (χ0n) is 11.7. The first-order chi connectivity index (χ1) is 9.74. The van der Waals surface area contributed by atoms with Gasteiger partial charge in [-0.25, -0.2) is 0 Å². The second-order valence-corrected chi connectivity index (χ2v) is 5.41. The first-order valence-electron chi connectivity index (χ1n) is 7.14. The maximum Gasteiger partial charge on any atom is 0.224 e. The number of rotatable bonds is 3. The minimum absolute atomic E-state index is 0.0818. The van der Waals surface area contributed by atoms with E-state index in [1.54, 1.807) is 6.26 Å². The number of nitrogens with one attached hydrogen (secondary N) is 1. The lowest BCUT2D eigenvalue weighted by molar-refractivity contribution is -0.121. The summed E-state index contributed by atoms with van der Waals surface area (Å²) >= 11 is 0.